The maximum Gasteiger partial charge on any atom is 0.267 e. The van der Waals surface area contributed by atoms with Crippen LogP contribution in [0.2, 0.25) is 0 Å². The normalized spacial score (nSPS) is 12.4. The van der Waals surface area contributed by atoms with Gasteiger partial charge in [-0.1, -0.05) is 12.1 Å². The van der Waals surface area contributed by atoms with Crippen molar-refractivity contribution in [2.45, 2.75) is 25.8 Å². The molecule has 8 heteroatoms. The first-order chi connectivity index (χ1) is 12.1. The van der Waals surface area contributed by atoms with E-state index in [0.29, 0.717) is 11.3 Å². The van der Waals surface area contributed by atoms with Crippen molar-refractivity contribution in [3.05, 3.63) is 51.7 Å². The van der Waals surface area contributed by atoms with E-state index in [-0.39, 0.29) is 23.9 Å². The zero-order valence-corrected chi connectivity index (χ0v) is 15.0. The number of benzene rings is 1. The third kappa shape index (κ3) is 3.96. The Kier molecular flexibility index (Phi) is 5.28. The standard InChI is InChI=1S/C17H21N5O2S/c1-10-11(17(24)22-21-10)9-15(23)18-14(7-8-25-2)16-19-12-5-3-4-6-13(12)20-16/h3-6,14H,7-9H2,1-2H3,(H,18,23)(H,19,20)(H2,21,22,24)/t14-/m1/s1. The lowest BCUT2D eigenvalue weighted by Crippen LogP contribution is -2.32. The predicted octanol–water partition coefficient (Wildman–Crippen LogP) is 2.04. The molecule has 0 aliphatic carbocycles. The highest BCUT2D eigenvalue weighted by atomic mass is 32.2. The van der Waals surface area contributed by atoms with Crippen molar-refractivity contribution in [1.29, 1.82) is 0 Å². The maximum atomic E-state index is 12.5. The number of aromatic nitrogens is 4. The van der Waals surface area contributed by atoms with Gasteiger partial charge in [0.05, 0.1) is 23.5 Å². The van der Waals surface area contributed by atoms with Crippen molar-refractivity contribution >= 4 is 28.7 Å². The van der Waals surface area contributed by atoms with Gasteiger partial charge in [0.25, 0.3) is 5.56 Å². The first-order valence-corrected chi connectivity index (χ1v) is 9.47. The van der Waals surface area contributed by atoms with Gasteiger partial charge in [-0.25, -0.2) is 4.98 Å². The SMILES string of the molecule is CSCC[C@@H](NC(=O)Cc1c(C)[nH][nH]c1=O)c1nc2ccccc2[nH]1. The predicted molar refractivity (Wildman–Crippen MR) is 99.8 cm³/mol. The second-order valence-electron chi connectivity index (χ2n) is 5.90. The van der Waals surface area contributed by atoms with Gasteiger partial charge in [0.1, 0.15) is 5.82 Å². The number of hydrogen-bond acceptors (Lipinski definition) is 4. The van der Waals surface area contributed by atoms with Crippen molar-refractivity contribution in [2.24, 2.45) is 0 Å². The summed E-state index contributed by atoms with van der Waals surface area (Å²) in [6, 6.07) is 7.56. The number of carbonyl (C=O) groups excluding carboxylic acids is 1. The molecule has 7 nitrogen and oxygen atoms in total. The van der Waals surface area contributed by atoms with Crippen LogP contribution in [0, 0.1) is 6.92 Å². The summed E-state index contributed by atoms with van der Waals surface area (Å²) in [5, 5.41) is 8.25. The Labute approximate surface area is 149 Å². The summed E-state index contributed by atoms with van der Waals surface area (Å²) < 4.78 is 0. The maximum absolute atomic E-state index is 12.5. The molecule has 2 heterocycles. The largest absolute Gasteiger partial charge is 0.346 e. The molecule has 0 saturated heterocycles. The minimum absolute atomic E-state index is 0.0423. The molecule has 3 rings (SSSR count). The quantitative estimate of drug-likeness (QED) is 0.518. The fourth-order valence-corrected chi connectivity index (χ4v) is 3.21. The molecule has 0 spiro atoms. The van der Waals surface area contributed by atoms with Crippen molar-refractivity contribution in [1.82, 2.24) is 25.5 Å². The van der Waals surface area contributed by atoms with Gasteiger partial charge in [0.2, 0.25) is 5.91 Å². The van der Waals surface area contributed by atoms with Crippen LogP contribution in [0.3, 0.4) is 0 Å². The van der Waals surface area contributed by atoms with E-state index < -0.39 is 0 Å². The smallest absolute Gasteiger partial charge is 0.267 e. The van der Waals surface area contributed by atoms with Gasteiger partial charge in [-0.15, -0.1) is 0 Å². The highest BCUT2D eigenvalue weighted by molar-refractivity contribution is 7.98. The molecule has 1 atom stereocenters. The van der Waals surface area contributed by atoms with Gasteiger partial charge in [-0.3, -0.25) is 14.7 Å². The summed E-state index contributed by atoms with van der Waals surface area (Å²) in [7, 11) is 0. The number of fused-ring (bicyclic) bond motifs is 1. The molecular weight excluding hydrogens is 338 g/mol. The monoisotopic (exact) mass is 359 g/mol. The highest BCUT2D eigenvalue weighted by Gasteiger charge is 2.20. The van der Waals surface area contributed by atoms with Crippen LogP contribution in [-0.4, -0.2) is 38.1 Å². The van der Waals surface area contributed by atoms with Gasteiger partial charge in [-0.05, 0) is 37.5 Å². The minimum Gasteiger partial charge on any atom is -0.346 e. The summed E-state index contributed by atoms with van der Waals surface area (Å²) in [5.74, 6) is 1.44. The first-order valence-electron chi connectivity index (χ1n) is 8.07. The zero-order valence-electron chi connectivity index (χ0n) is 14.2. The molecule has 1 aromatic carbocycles. The zero-order chi connectivity index (χ0) is 17.8. The number of amides is 1. The summed E-state index contributed by atoms with van der Waals surface area (Å²) in [6.07, 6.45) is 2.83. The Hall–Kier alpha value is -2.48. The molecule has 1 amide bonds. The van der Waals surface area contributed by atoms with Crippen LogP contribution in [0.4, 0.5) is 0 Å². The van der Waals surface area contributed by atoms with E-state index in [1.807, 2.05) is 30.5 Å². The van der Waals surface area contributed by atoms with E-state index >= 15 is 0 Å². The summed E-state index contributed by atoms with van der Waals surface area (Å²) in [4.78, 5) is 32.1. The number of thioether (sulfide) groups is 1. The number of nitrogens with one attached hydrogen (secondary N) is 4. The number of para-hydroxylation sites is 2. The van der Waals surface area contributed by atoms with Crippen LogP contribution < -0.4 is 10.9 Å². The number of nitrogens with zero attached hydrogens (tertiary/aromatic N) is 1. The molecule has 0 aliphatic heterocycles. The van der Waals surface area contributed by atoms with E-state index in [1.54, 1.807) is 18.7 Å². The first kappa shape index (κ1) is 17.3. The van der Waals surface area contributed by atoms with E-state index in [4.69, 9.17) is 0 Å². The molecule has 0 aliphatic rings. The van der Waals surface area contributed by atoms with Gasteiger partial charge < -0.3 is 15.4 Å². The van der Waals surface area contributed by atoms with Gasteiger partial charge in [0, 0.05) is 11.3 Å². The van der Waals surface area contributed by atoms with E-state index in [1.165, 1.54) is 0 Å². The Morgan fingerprint density at radius 3 is 2.80 bits per heavy atom. The number of carbonyl (C=O) groups is 1. The van der Waals surface area contributed by atoms with E-state index in [9.17, 15) is 9.59 Å². The second kappa shape index (κ2) is 7.60. The van der Waals surface area contributed by atoms with Crippen molar-refractivity contribution in [2.75, 3.05) is 12.0 Å². The molecule has 0 unspecified atom stereocenters. The Morgan fingerprint density at radius 1 is 1.32 bits per heavy atom. The molecule has 0 fully saturated rings. The Balaban J connectivity index is 1.78. The third-order valence-corrected chi connectivity index (χ3v) is 4.76. The lowest BCUT2D eigenvalue weighted by atomic mass is 10.1. The Bertz CT molecular complexity index is 893. The topological polar surface area (TPSA) is 106 Å². The number of rotatable bonds is 7. The van der Waals surface area contributed by atoms with Crippen LogP contribution >= 0.6 is 11.8 Å². The van der Waals surface area contributed by atoms with Crippen LogP contribution in [0.5, 0.6) is 0 Å². The molecule has 2 aromatic heterocycles. The van der Waals surface area contributed by atoms with Gasteiger partial charge >= 0.3 is 0 Å². The second-order valence-corrected chi connectivity index (χ2v) is 6.89. The van der Waals surface area contributed by atoms with Crippen molar-refractivity contribution in [3.63, 3.8) is 0 Å². The van der Waals surface area contributed by atoms with Gasteiger partial charge in [0.15, 0.2) is 0 Å². The molecule has 0 saturated carbocycles. The van der Waals surface area contributed by atoms with Crippen LogP contribution in [0.25, 0.3) is 11.0 Å². The molecule has 0 radical (unpaired) electrons. The van der Waals surface area contributed by atoms with Crippen LogP contribution in [-0.2, 0) is 11.2 Å². The third-order valence-electron chi connectivity index (χ3n) is 4.11. The fourth-order valence-electron chi connectivity index (χ4n) is 2.74. The van der Waals surface area contributed by atoms with Crippen molar-refractivity contribution in [3.8, 4) is 0 Å². The van der Waals surface area contributed by atoms with E-state index in [2.05, 4.69) is 25.5 Å². The molecule has 25 heavy (non-hydrogen) atoms. The summed E-state index contributed by atoms with van der Waals surface area (Å²) in [5.41, 5.74) is 2.71. The summed E-state index contributed by atoms with van der Waals surface area (Å²) in [6.45, 7) is 1.77. The number of imidazole rings is 1. The molecule has 4 N–H and O–H groups in total. The Morgan fingerprint density at radius 2 is 2.12 bits per heavy atom. The fraction of sp³-hybridized carbons (Fsp3) is 0.353. The highest BCUT2D eigenvalue weighted by Crippen LogP contribution is 2.20. The molecule has 0 bridgehead atoms. The van der Waals surface area contributed by atoms with Gasteiger partial charge in [-0.2, -0.15) is 11.8 Å². The number of H-pyrrole nitrogens is 3. The average Bonchev–Trinajstić information content (AvgIpc) is 3.17. The van der Waals surface area contributed by atoms with Crippen LogP contribution in [0.1, 0.15) is 29.5 Å². The minimum atomic E-state index is -0.253. The van der Waals surface area contributed by atoms with E-state index in [0.717, 1.165) is 29.0 Å². The summed E-state index contributed by atoms with van der Waals surface area (Å²) >= 11 is 1.72. The molecule has 3 aromatic rings. The average molecular weight is 359 g/mol. The molecule has 132 valence electrons. The van der Waals surface area contributed by atoms with Crippen molar-refractivity contribution < 1.29 is 4.79 Å². The lowest BCUT2D eigenvalue weighted by Gasteiger charge is -2.16. The number of aryl methyl sites for hydroxylation is 1. The number of hydrogen-bond donors (Lipinski definition) is 4. The molecular formula is C17H21N5O2S. The lowest BCUT2D eigenvalue weighted by molar-refractivity contribution is -0.121. The van der Waals surface area contributed by atoms with Crippen LogP contribution in [0.15, 0.2) is 29.1 Å². The number of aromatic amines is 3.